The van der Waals surface area contributed by atoms with Gasteiger partial charge in [-0.2, -0.15) is 30.0 Å². The lowest BCUT2D eigenvalue weighted by Gasteiger charge is -2.49. The molecule has 0 N–H and O–H groups in total. The summed E-state index contributed by atoms with van der Waals surface area (Å²) in [6, 6.07) is 2.17. The predicted octanol–water partition coefficient (Wildman–Crippen LogP) is 5.09. The number of likely N-dealkylation sites (tertiary alicyclic amines) is 1. The monoisotopic (exact) mass is 399 g/mol. The van der Waals surface area contributed by atoms with Crippen LogP contribution in [0.5, 0.6) is 0 Å². The van der Waals surface area contributed by atoms with E-state index in [0.29, 0.717) is 11.5 Å². The first kappa shape index (κ1) is 18.3. The summed E-state index contributed by atoms with van der Waals surface area (Å²) in [5.74, 6) is 2.94. The smallest absolute Gasteiger partial charge is 0.300 e. The second-order valence-electron chi connectivity index (χ2n) is 9.16. The van der Waals surface area contributed by atoms with Gasteiger partial charge in [0, 0.05) is 17.7 Å². The van der Waals surface area contributed by atoms with Crippen LogP contribution in [0.3, 0.4) is 0 Å². The molecule has 2 aliphatic heterocycles. The number of hydrogen-bond acceptors (Lipinski definition) is 3. The molecule has 150 valence electrons. The van der Waals surface area contributed by atoms with Gasteiger partial charge in [0.2, 0.25) is 0 Å². The zero-order chi connectivity index (χ0) is 18.6. The minimum Gasteiger partial charge on any atom is -0.300 e. The van der Waals surface area contributed by atoms with E-state index in [4.69, 9.17) is 0 Å². The van der Waals surface area contributed by atoms with Crippen LogP contribution < -0.4 is 0 Å². The van der Waals surface area contributed by atoms with E-state index in [1.807, 2.05) is 0 Å². The molecule has 0 radical (unpaired) electrons. The van der Waals surface area contributed by atoms with Gasteiger partial charge in [-0.05, 0) is 87.4 Å². The molecule has 27 heavy (non-hydrogen) atoms. The highest BCUT2D eigenvalue weighted by Gasteiger charge is 2.43. The molecule has 4 aliphatic rings. The Morgan fingerprint density at radius 3 is 2.11 bits per heavy atom. The summed E-state index contributed by atoms with van der Waals surface area (Å²) < 4.78 is 41.2. The van der Waals surface area contributed by atoms with Crippen LogP contribution in [0.4, 0.5) is 13.2 Å². The van der Waals surface area contributed by atoms with Crippen molar-refractivity contribution in [2.75, 3.05) is 24.6 Å². The van der Waals surface area contributed by atoms with Gasteiger partial charge in [0.1, 0.15) is 0 Å². The molecule has 2 saturated carbocycles. The van der Waals surface area contributed by atoms with Crippen LogP contribution >= 0.6 is 11.8 Å². The van der Waals surface area contributed by atoms with E-state index in [1.165, 1.54) is 43.5 Å². The molecule has 2 saturated heterocycles. The van der Waals surface area contributed by atoms with Crippen molar-refractivity contribution in [3.05, 3.63) is 17.5 Å². The standard InChI is InChI=1S/C20H28F3N3S/c21-20(22,23)18-11-17(26(24-18)16-5-6-16)14-1-3-15(4-2-14)25-9-7-19(8-10-25)12-27-13-19/h11,14-16H,1-10,12-13H2. The second-order valence-corrected chi connectivity index (χ2v) is 10.1. The van der Waals surface area contributed by atoms with Gasteiger partial charge in [-0.1, -0.05) is 0 Å². The fraction of sp³-hybridized carbons (Fsp3) is 0.850. The number of thioether (sulfide) groups is 1. The lowest BCUT2D eigenvalue weighted by Crippen LogP contribution is -2.50. The summed E-state index contributed by atoms with van der Waals surface area (Å²) in [7, 11) is 0. The van der Waals surface area contributed by atoms with Crippen molar-refractivity contribution >= 4 is 11.8 Å². The van der Waals surface area contributed by atoms with E-state index in [1.54, 1.807) is 4.68 Å². The highest BCUT2D eigenvalue weighted by Crippen LogP contribution is 2.47. The predicted molar refractivity (Wildman–Crippen MR) is 101 cm³/mol. The van der Waals surface area contributed by atoms with E-state index >= 15 is 0 Å². The van der Waals surface area contributed by atoms with Gasteiger partial charge in [0.25, 0.3) is 0 Å². The zero-order valence-corrected chi connectivity index (χ0v) is 16.5. The molecule has 5 rings (SSSR count). The van der Waals surface area contributed by atoms with E-state index in [-0.39, 0.29) is 12.0 Å². The maximum absolute atomic E-state index is 13.1. The minimum absolute atomic E-state index is 0.201. The van der Waals surface area contributed by atoms with E-state index in [2.05, 4.69) is 21.8 Å². The normalized spacial score (nSPS) is 31.8. The Hall–Kier alpha value is -0.690. The Kier molecular flexibility index (Phi) is 4.54. The molecule has 1 aromatic heterocycles. The summed E-state index contributed by atoms with van der Waals surface area (Å²) in [6.07, 6.45) is 4.50. The van der Waals surface area contributed by atoms with E-state index in [9.17, 15) is 13.2 Å². The number of nitrogens with zero attached hydrogens (tertiary/aromatic N) is 3. The second kappa shape index (κ2) is 6.68. The van der Waals surface area contributed by atoms with Crippen molar-refractivity contribution in [2.24, 2.45) is 5.41 Å². The van der Waals surface area contributed by atoms with Gasteiger partial charge >= 0.3 is 6.18 Å². The molecule has 1 aromatic rings. The molecule has 0 atom stereocenters. The number of rotatable bonds is 3. The molecule has 1 spiro atoms. The number of alkyl halides is 3. The first-order valence-electron chi connectivity index (χ1n) is 10.4. The fourth-order valence-corrected chi connectivity index (χ4v) is 6.60. The molecule has 0 amide bonds. The van der Waals surface area contributed by atoms with Crippen LogP contribution in [-0.4, -0.2) is 45.3 Å². The van der Waals surface area contributed by atoms with Crippen molar-refractivity contribution in [3.8, 4) is 0 Å². The molecule has 4 fully saturated rings. The average molecular weight is 400 g/mol. The average Bonchev–Trinajstić information content (AvgIpc) is 3.37. The molecule has 0 aromatic carbocycles. The molecule has 0 unspecified atom stereocenters. The largest absolute Gasteiger partial charge is 0.435 e. The third-order valence-electron chi connectivity index (χ3n) is 7.25. The minimum atomic E-state index is -4.34. The molecular formula is C20H28F3N3S. The number of piperidine rings is 1. The molecular weight excluding hydrogens is 371 g/mol. The van der Waals surface area contributed by atoms with Crippen molar-refractivity contribution in [1.82, 2.24) is 14.7 Å². The Labute approximate surface area is 163 Å². The summed E-state index contributed by atoms with van der Waals surface area (Å²) >= 11 is 2.08. The highest BCUT2D eigenvalue weighted by atomic mass is 32.2. The first-order chi connectivity index (χ1) is 12.9. The van der Waals surface area contributed by atoms with Crippen LogP contribution in [0.2, 0.25) is 0 Å². The van der Waals surface area contributed by atoms with Crippen molar-refractivity contribution in [2.45, 2.75) is 75.5 Å². The van der Waals surface area contributed by atoms with Gasteiger partial charge in [-0.15, -0.1) is 0 Å². The first-order valence-corrected chi connectivity index (χ1v) is 11.6. The number of hydrogen-bond donors (Lipinski definition) is 0. The Morgan fingerprint density at radius 1 is 0.963 bits per heavy atom. The van der Waals surface area contributed by atoms with Crippen LogP contribution in [0.1, 0.15) is 74.7 Å². The lowest BCUT2D eigenvalue weighted by molar-refractivity contribution is -0.141. The Bertz CT molecular complexity index is 675. The number of halogens is 3. The third kappa shape index (κ3) is 3.54. The number of aromatic nitrogens is 2. The molecule has 3 nitrogen and oxygen atoms in total. The van der Waals surface area contributed by atoms with E-state index in [0.717, 1.165) is 44.2 Å². The van der Waals surface area contributed by atoms with Crippen molar-refractivity contribution in [1.29, 1.82) is 0 Å². The Morgan fingerprint density at radius 2 is 1.59 bits per heavy atom. The highest BCUT2D eigenvalue weighted by molar-refractivity contribution is 8.00. The lowest BCUT2D eigenvalue weighted by atomic mass is 9.78. The summed E-state index contributed by atoms with van der Waals surface area (Å²) in [6.45, 7) is 2.43. The van der Waals surface area contributed by atoms with Crippen molar-refractivity contribution < 1.29 is 13.2 Å². The molecule has 0 bridgehead atoms. The maximum Gasteiger partial charge on any atom is 0.435 e. The Balaban J connectivity index is 1.22. The quantitative estimate of drug-likeness (QED) is 0.706. The summed E-state index contributed by atoms with van der Waals surface area (Å²) in [4.78, 5) is 2.67. The fourth-order valence-electron chi connectivity index (χ4n) is 5.24. The molecule has 3 heterocycles. The molecule has 2 aliphatic carbocycles. The van der Waals surface area contributed by atoms with Gasteiger partial charge in [0.15, 0.2) is 5.69 Å². The zero-order valence-electron chi connectivity index (χ0n) is 15.7. The molecule has 7 heteroatoms. The van der Waals surface area contributed by atoms with Gasteiger partial charge in [-0.25, -0.2) is 0 Å². The topological polar surface area (TPSA) is 21.1 Å². The van der Waals surface area contributed by atoms with Gasteiger partial charge in [0.05, 0.1) is 6.04 Å². The van der Waals surface area contributed by atoms with Crippen molar-refractivity contribution in [3.63, 3.8) is 0 Å². The summed E-state index contributed by atoms with van der Waals surface area (Å²) in [5, 5.41) is 3.94. The van der Waals surface area contributed by atoms with E-state index < -0.39 is 11.9 Å². The SMILES string of the molecule is FC(F)(F)c1cc(C2CCC(N3CCC4(CC3)CSC4)CC2)n(C2CC2)n1. The van der Waals surface area contributed by atoms with Crippen LogP contribution in [-0.2, 0) is 6.18 Å². The van der Waals surface area contributed by atoms with Crippen LogP contribution in [0.15, 0.2) is 6.07 Å². The van der Waals surface area contributed by atoms with Gasteiger partial charge in [-0.3, -0.25) is 4.68 Å². The van der Waals surface area contributed by atoms with Crippen LogP contribution in [0.25, 0.3) is 0 Å². The third-order valence-corrected chi connectivity index (χ3v) is 8.89. The van der Waals surface area contributed by atoms with Crippen LogP contribution in [0, 0.1) is 5.41 Å². The van der Waals surface area contributed by atoms with Gasteiger partial charge < -0.3 is 4.90 Å². The summed E-state index contributed by atoms with van der Waals surface area (Å²) in [5.41, 5.74) is 0.780. The maximum atomic E-state index is 13.1.